The highest BCUT2D eigenvalue weighted by Crippen LogP contribution is 2.30. The van der Waals surface area contributed by atoms with E-state index < -0.39 is 10.4 Å². The number of ether oxygens (including phenoxy) is 1. The fourth-order valence-electron chi connectivity index (χ4n) is 2.90. The molecule has 0 saturated heterocycles. The molecule has 0 fully saturated rings. The molecule has 0 radical (unpaired) electrons. The van der Waals surface area contributed by atoms with Gasteiger partial charge in [0.1, 0.15) is 23.7 Å². The zero-order chi connectivity index (χ0) is 19.6. The predicted octanol–water partition coefficient (Wildman–Crippen LogP) is 2.48. The molecule has 28 heavy (non-hydrogen) atoms. The Bertz CT molecular complexity index is 1020. The number of hydrogen-bond donors (Lipinski definition) is 1. The highest BCUT2D eigenvalue weighted by atomic mass is 32.3. The Labute approximate surface area is 165 Å². The molecule has 2 aromatic heterocycles. The maximum Gasteiger partial charge on any atom is 0.247 e. The van der Waals surface area contributed by atoms with Gasteiger partial charge in [-0.15, -0.1) is 10.2 Å². The number of halogens is 1. The van der Waals surface area contributed by atoms with E-state index in [1.54, 1.807) is 12.3 Å². The molecule has 1 N–H and O–H groups in total. The van der Waals surface area contributed by atoms with Crippen LogP contribution >= 0.6 is 11.3 Å². The number of benzene rings is 1. The van der Waals surface area contributed by atoms with Gasteiger partial charge in [-0.2, -0.15) is 4.72 Å². The lowest BCUT2D eigenvalue weighted by atomic mass is 10.2. The van der Waals surface area contributed by atoms with Gasteiger partial charge < -0.3 is 9.29 Å². The van der Waals surface area contributed by atoms with Crippen LogP contribution in [0.2, 0.25) is 0 Å². The van der Waals surface area contributed by atoms with E-state index in [0.29, 0.717) is 32.0 Å². The summed E-state index contributed by atoms with van der Waals surface area (Å²) in [7, 11) is -3.78. The summed E-state index contributed by atoms with van der Waals surface area (Å²) in [6.45, 7) is 2.08. The fraction of sp³-hybridized carbons (Fsp3) is 0.235. The SMILES string of the molecule is O=[S+]([O-])(Nc1nncs1)c1ccc2c(c1)OCCN(Cc1cncc(F)c1)C2. The van der Waals surface area contributed by atoms with E-state index in [1.807, 2.05) is 0 Å². The Hall–Kier alpha value is -2.47. The largest absolute Gasteiger partial charge is 0.588 e. The summed E-state index contributed by atoms with van der Waals surface area (Å²) < 4.78 is 46.6. The van der Waals surface area contributed by atoms with Crippen molar-refractivity contribution < 1.29 is 17.9 Å². The topological polar surface area (TPSA) is 103 Å². The monoisotopic (exact) mass is 421 g/mol. The number of sulfonamides is 1. The first-order chi connectivity index (χ1) is 13.5. The molecule has 1 atom stereocenters. The molecule has 3 heterocycles. The minimum absolute atomic E-state index is 0.0873. The Kier molecular flexibility index (Phi) is 5.31. The third kappa shape index (κ3) is 4.33. The molecule has 1 unspecified atom stereocenters. The maximum atomic E-state index is 13.4. The van der Waals surface area contributed by atoms with Crippen molar-refractivity contribution in [3.63, 3.8) is 0 Å². The molecule has 0 bridgehead atoms. The van der Waals surface area contributed by atoms with Crippen molar-refractivity contribution in [1.82, 2.24) is 20.1 Å². The number of rotatable bonds is 5. The number of anilines is 1. The Morgan fingerprint density at radius 1 is 1.36 bits per heavy atom. The number of nitrogens with zero attached hydrogens (tertiary/aromatic N) is 4. The van der Waals surface area contributed by atoms with Gasteiger partial charge in [0.25, 0.3) is 0 Å². The average Bonchev–Trinajstić information content (AvgIpc) is 3.06. The molecule has 0 saturated carbocycles. The molecule has 4 rings (SSSR count). The lowest BCUT2D eigenvalue weighted by Gasteiger charge is -2.19. The van der Waals surface area contributed by atoms with Crippen LogP contribution < -0.4 is 9.46 Å². The van der Waals surface area contributed by atoms with E-state index in [2.05, 4.69) is 24.8 Å². The number of fused-ring (bicyclic) bond motifs is 1. The first-order valence-electron chi connectivity index (χ1n) is 8.36. The van der Waals surface area contributed by atoms with Gasteiger partial charge in [0.15, 0.2) is 15.3 Å². The summed E-state index contributed by atoms with van der Waals surface area (Å²) in [5, 5.41) is 7.51. The number of hydrogen-bond acceptors (Lipinski definition) is 8. The molecule has 0 amide bonds. The molecule has 1 aliphatic rings. The van der Waals surface area contributed by atoms with Crippen molar-refractivity contribution in [3.05, 3.63) is 59.1 Å². The van der Waals surface area contributed by atoms with E-state index in [9.17, 15) is 13.2 Å². The van der Waals surface area contributed by atoms with Gasteiger partial charge in [0.2, 0.25) is 5.13 Å². The smallest absolute Gasteiger partial charge is 0.247 e. The summed E-state index contributed by atoms with van der Waals surface area (Å²) in [5.41, 5.74) is 3.07. The van der Waals surface area contributed by atoms with Crippen molar-refractivity contribution >= 4 is 26.9 Å². The van der Waals surface area contributed by atoms with Crippen molar-refractivity contribution in [2.45, 2.75) is 18.0 Å². The van der Waals surface area contributed by atoms with Gasteiger partial charge in [0.05, 0.1) is 6.20 Å². The molecule has 0 aliphatic carbocycles. The highest BCUT2D eigenvalue weighted by Gasteiger charge is 2.25. The van der Waals surface area contributed by atoms with Crippen LogP contribution in [0.4, 0.5) is 9.52 Å². The summed E-state index contributed by atoms with van der Waals surface area (Å²) in [6.07, 6.45) is 2.80. The highest BCUT2D eigenvalue weighted by molar-refractivity contribution is 7.99. The maximum absolute atomic E-state index is 13.4. The summed E-state index contributed by atoms with van der Waals surface area (Å²) in [4.78, 5) is 6.05. The van der Waals surface area contributed by atoms with Crippen molar-refractivity contribution in [3.8, 4) is 5.75 Å². The zero-order valence-electron chi connectivity index (χ0n) is 14.6. The molecule has 11 heteroatoms. The lowest BCUT2D eigenvalue weighted by Crippen LogP contribution is -2.25. The third-order valence-electron chi connectivity index (χ3n) is 4.16. The first kappa shape index (κ1) is 18.9. The molecule has 146 valence electrons. The zero-order valence-corrected chi connectivity index (χ0v) is 16.2. The van der Waals surface area contributed by atoms with Gasteiger partial charge >= 0.3 is 0 Å². The van der Waals surface area contributed by atoms with Gasteiger partial charge in [-0.05, 0) is 23.8 Å². The van der Waals surface area contributed by atoms with E-state index in [4.69, 9.17) is 4.74 Å². The van der Waals surface area contributed by atoms with Crippen LogP contribution in [0.15, 0.2) is 47.1 Å². The van der Waals surface area contributed by atoms with E-state index in [-0.39, 0.29) is 15.8 Å². The van der Waals surface area contributed by atoms with E-state index in [0.717, 1.165) is 22.5 Å². The van der Waals surface area contributed by atoms with Crippen molar-refractivity contribution in [1.29, 1.82) is 0 Å². The quantitative estimate of drug-likeness (QED) is 0.631. The van der Waals surface area contributed by atoms with Crippen LogP contribution in [-0.2, 0) is 27.7 Å². The Balaban J connectivity index is 1.52. The standard InChI is InChI=1S/C17H16FN5O3S2/c18-14-5-12(7-19-8-14)9-23-3-4-26-16-6-15(2-1-13(16)10-23)28(24,25)22-17-21-20-11-27-17/h1-2,5-8,11H,3-4,9-10H2,(H-,21,22,24,25). The summed E-state index contributed by atoms with van der Waals surface area (Å²) >= 11 is 1.10. The molecule has 3 aromatic rings. The molecule has 0 spiro atoms. The van der Waals surface area contributed by atoms with Gasteiger partial charge in [0, 0.05) is 37.5 Å². The number of aromatic nitrogens is 3. The molecule has 1 aromatic carbocycles. The molecule has 8 nitrogen and oxygen atoms in total. The first-order valence-corrected chi connectivity index (χ1v) is 10.7. The second-order valence-electron chi connectivity index (χ2n) is 6.19. The van der Waals surface area contributed by atoms with Crippen molar-refractivity contribution in [2.24, 2.45) is 0 Å². The van der Waals surface area contributed by atoms with Gasteiger partial charge in [-0.1, -0.05) is 15.5 Å². The van der Waals surface area contributed by atoms with Crippen LogP contribution in [-0.4, -0.2) is 37.8 Å². The van der Waals surface area contributed by atoms with Crippen LogP contribution in [0.25, 0.3) is 0 Å². The minimum atomic E-state index is -3.78. The molecular formula is C17H16FN5O3S2. The lowest BCUT2D eigenvalue weighted by molar-refractivity contribution is 0.219. The van der Waals surface area contributed by atoms with Crippen molar-refractivity contribution in [2.75, 3.05) is 17.9 Å². The van der Waals surface area contributed by atoms with Crippen LogP contribution in [0.1, 0.15) is 11.1 Å². The van der Waals surface area contributed by atoms with Crippen LogP contribution in [0.3, 0.4) is 0 Å². The Morgan fingerprint density at radius 3 is 3.04 bits per heavy atom. The summed E-state index contributed by atoms with van der Waals surface area (Å²) in [5.74, 6) is 0.141. The second-order valence-corrected chi connectivity index (χ2v) is 8.71. The average molecular weight is 421 g/mol. The fourth-order valence-corrected chi connectivity index (χ4v) is 4.61. The molecular weight excluding hydrogens is 405 g/mol. The second kappa shape index (κ2) is 7.87. The van der Waals surface area contributed by atoms with Gasteiger partial charge in [-0.25, -0.2) is 4.39 Å². The van der Waals surface area contributed by atoms with Gasteiger partial charge in [-0.3, -0.25) is 9.88 Å². The third-order valence-corrected chi connectivity index (χ3v) is 6.23. The van der Waals surface area contributed by atoms with Crippen LogP contribution in [0.5, 0.6) is 5.75 Å². The minimum Gasteiger partial charge on any atom is -0.588 e. The summed E-state index contributed by atoms with van der Waals surface area (Å²) in [6, 6.07) is 6.21. The van der Waals surface area contributed by atoms with Crippen LogP contribution in [0, 0.1) is 5.82 Å². The number of pyridine rings is 1. The Morgan fingerprint density at radius 2 is 2.25 bits per heavy atom. The predicted molar refractivity (Wildman–Crippen MR) is 101 cm³/mol. The number of nitrogens with one attached hydrogen (secondary N) is 1. The normalized spacial score (nSPS) is 16.5. The van der Waals surface area contributed by atoms with E-state index in [1.165, 1.54) is 29.9 Å². The van der Waals surface area contributed by atoms with E-state index >= 15 is 0 Å². The molecule has 1 aliphatic heterocycles.